The smallest absolute Gasteiger partial charge is 0.158 e. The van der Waals surface area contributed by atoms with Crippen LogP contribution in [0.25, 0.3) is 49.3 Å². The van der Waals surface area contributed by atoms with Crippen molar-refractivity contribution in [3.8, 4) is 17.8 Å². The fourth-order valence-electron chi connectivity index (χ4n) is 5.53. The summed E-state index contributed by atoms with van der Waals surface area (Å²) in [5, 5.41) is 24.3. The first kappa shape index (κ1) is 20.9. The quantitative estimate of drug-likeness (QED) is 0.275. The maximum atomic E-state index is 9.87. The Morgan fingerprint density at radius 1 is 0.595 bits per heavy atom. The Labute approximate surface area is 212 Å². The van der Waals surface area contributed by atoms with Gasteiger partial charge < -0.3 is 9.13 Å². The Balaban J connectivity index is 1.57. The molecule has 0 aliphatic rings. The zero-order chi connectivity index (χ0) is 24.9. The first-order chi connectivity index (χ1) is 18.3. The van der Waals surface area contributed by atoms with Gasteiger partial charge in [-0.05, 0) is 30.3 Å². The molecule has 7 rings (SSSR count). The third-order valence-corrected chi connectivity index (χ3v) is 7.11. The van der Waals surface area contributed by atoms with Crippen molar-refractivity contribution in [2.45, 2.75) is 6.54 Å². The standard InChI is InChI=1S/C32H19N5/c33-18-21-17-32(37-30-15-7-3-11-24(30)25-12-4-8-16-31(25)37)27(35-26(21)19-34)20-36-28-13-5-1-9-22(28)23-10-2-6-14-29(23)36/h1-17H,20H2. The highest BCUT2D eigenvalue weighted by Crippen LogP contribution is 2.35. The van der Waals surface area contributed by atoms with E-state index in [1.54, 1.807) is 0 Å². The number of para-hydroxylation sites is 4. The summed E-state index contributed by atoms with van der Waals surface area (Å²) in [5.74, 6) is 0. The van der Waals surface area contributed by atoms with Crippen LogP contribution in [0.1, 0.15) is 17.0 Å². The predicted molar refractivity (Wildman–Crippen MR) is 147 cm³/mol. The van der Waals surface area contributed by atoms with Crippen LogP contribution in [-0.4, -0.2) is 14.1 Å². The molecule has 0 spiro atoms. The van der Waals surface area contributed by atoms with Gasteiger partial charge in [0.1, 0.15) is 12.1 Å². The molecule has 0 aliphatic heterocycles. The summed E-state index contributed by atoms with van der Waals surface area (Å²) in [7, 11) is 0. The molecule has 37 heavy (non-hydrogen) atoms. The number of hydrogen-bond acceptors (Lipinski definition) is 3. The van der Waals surface area contributed by atoms with Crippen LogP contribution in [0.2, 0.25) is 0 Å². The van der Waals surface area contributed by atoms with Gasteiger partial charge in [-0.15, -0.1) is 0 Å². The normalized spacial score (nSPS) is 11.3. The second-order valence-corrected chi connectivity index (χ2v) is 9.06. The monoisotopic (exact) mass is 473 g/mol. The second kappa shape index (κ2) is 8.09. The lowest BCUT2D eigenvalue weighted by Crippen LogP contribution is -2.10. The molecule has 0 unspecified atom stereocenters. The third-order valence-electron chi connectivity index (χ3n) is 7.11. The molecule has 5 nitrogen and oxygen atoms in total. The van der Waals surface area contributed by atoms with Crippen molar-refractivity contribution in [2.24, 2.45) is 0 Å². The number of rotatable bonds is 3. The van der Waals surface area contributed by atoms with Crippen molar-refractivity contribution >= 4 is 43.6 Å². The topological polar surface area (TPSA) is 70.3 Å². The molecule has 7 aromatic rings. The van der Waals surface area contributed by atoms with Crippen molar-refractivity contribution in [1.29, 1.82) is 10.5 Å². The minimum absolute atomic E-state index is 0.141. The molecule has 0 saturated heterocycles. The number of nitriles is 2. The lowest BCUT2D eigenvalue weighted by Gasteiger charge is -2.16. The number of nitrogens with zero attached hydrogens (tertiary/aromatic N) is 5. The molecule has 0 radical (unpaired) electrons. The van der Waals surface area contributed by atoms with Gasteiger partial charge in [0.05, 0.1) is 34.5 Å². The van der Waals surface area contributed by atoms with Crippen LogP contribution in [0.5, 0.6) is 0 Å². The maximum Gasteiger partial charge on any atom is 0.158 e. The second-order valence-electron chi connectivity index (χ2n) is 9.06. The van der Waals surface area contributed by atoms with E-state index in [0.29, 0.717) is 6.54 Å². The van der Waals surface area contributed by atoms with E-state index < -0.39 is 0 Å². The first-order valence-electron chi connectivity index (χ1n) is 12.1. The van der Waals surface area contributed by atoms with Crippen molar-refractivity contribution in [3.05, 3.63) is 120 Å². The Morgan fingerprint density at radius 2 is 1.05 bits per heavy atom. The number of hydrogen-bond donors (Lipinski definition) is 0. The molecule has 0 bridgehead atoms. The van der Waals surface area contributed by atoms with E-state index in [1.807, 2.05) is 42.5 Å². The molecule has 0 atom stereocenters. The highest BCUT2D eigenvalue weighted by Gasteiger charge is 2.20. The Bertz CT molecular complexity index is 1990. The van der Waals surface area contributed by atoms with Gasteiger partial charge in [0, 0.05) is 32.6 Å². The van der Waals surface area contributed by atoms with Gasteiger partial charge in [-0.1, -0.05) is 72.8 Å². The molecular formula is C32H19N5. The lowest BCUT2D eigenvalue weighted by atomic mass is 10.1. The highest BCUT2D eigenvalue weighted by atomic mass is 15.0. The summed E-state index contributed by atoms with van der Waals surface area (Å²) in [5.41, 5.74) is 6.20. The molecule has 0 saturated carbocycles. The molecule has 5 heteroatoms. The van der Waals surface area contributed by atoms with Crippen LogP contribution >= 0.6 is 0 Å². The summed E-state index contributed by atoms with van der Waals surface area (Å²) in [4.78, 5) is 4.79. The summed E-state index contributed by atoms with van der Waals surface area (Å²) in [6.07, 6.45) is 0. The van der Waals surface area contributed by atoms with Crippen LogP contribution in [0.3, 0.4) is 0 Å². The fraction of sp³-hybridized carbons (Fsp3) is 0.0312. The Hall–Kier alpha value is -5.39. The molecule has 3 aromatic heterocycles. The van der Waals surface area contributed by atoms with Crippen LogP contribution in [0, 0.1) is 22.7 Å². The minimum Gasteiger partial charge on any atom is -0.334 e. The summed E-state index contributed by atoms with van der Waals surface area (Å²) in [6.45, 7) is 0.449. The van der Waals surface area contributed by atoms with Gasteiger partial charge in [-0.3, -0.25) is 0 Å². The summed E-state index contributed by atoms with van der Waals surface area (Å²) < 4.78 is 4.42. The number of fused-ring (bicyclic) bond motifs is 6. The average Bonchev–Trinajstić information content (AvgIpc) is 3.46. The van der Waals surface area contributed by atoms with E-state index >= 15 is 0 Å². The van der Waals surface area contributed by atoms with E-state index in [0.717, 1.165) is 44.2 Å². The fourth-order valence-corrected chi connectivity index (χ4v) is 5.53. The van der Waals surface area contributed by atoms with Gasteiger partial charge in [-0.2, -0.15) is 10.5 Å². The minimum atomic E-state index is 0.141. The SMILES string of the molecule is N#Cc1cc(-n2c3ccccc3c3ccccc32)c(Cn2c3ccccc3c3ccccc32)nc1C#N. The third kappa shape index (κ3) is 3.05. The lowest BCUT2D eigenvalue weighted by molar-refractivity contribution is 0.821. The molecule has 4 aromatic carbocycles. The predicted octanol–water partition coefficient (Wildman–Crippen LogP) is 7.08. The number of aromatic nitrogens is 3. The van der Waals surface area contributed by atoms with Crippen LogP contribution in [-0.2, 0) is 6.54 Å². The van der Waals surface area contributed by atoms with E-state index in [1.165, 1.54) is 10.8 Å². The zero-order valence-corrected chi connectivity index (χ0v) is 19.8. The van der Waals surface area contributed by atoms with E-state index in [2.05, 4.69) is 81.9 Å². The van der Waals surface area contributed by atoms with Crippen LogP contribution in [0.4, 0.5) is 0 Å². The van der Waals surface area contributed by atoms with E-state index in [-0.39, 0.29) is 11.3 Å². The largest absolute Gasteiger partial charge is 0.334 e. The van der Waals surface area contributed by atoms with Crippen LogP contribution < -0.4 is 0 Å². The van der Waals surface area contributed by atoms with Crippen molar-refractivity contribution in [1.82, 2.24) is 14.1 Å². The molecule has 0 amide bonds. The number of benzene rings is 4. The van der Waals surface area contributed by atoms with Crippen molar-refractivity contribution < 1.29 is 0 Å². The zero-order valence-electron chi connectivity index (χ0n) is 19.8. The van der Waals surface area contributed by atoms with Gasteiger partial charge in [-0.25, -0.2) is 4.98 Å². The number of pyridine rings is 1. The molecule has 0 N–H and O–H groups in total. The average molecular weight is 474 g/mol. The maximum absolute atomic E-state index is 9.87. The molecule has 3 heterocycles. The Morgan fingerprint density at radius 3 is 1.54 bits per heavy atom. The summed E-state index contributed by atoms with van der Waals surface area (Å²) >= 11 is 0. The van der Waals surface area contributed by atoms with Crippen LogP contribution in [0.15, 0.2) is 103 Å². The van der Waals surface area contributed by atoms with Gasteiger partial charge in [0.15, 0.2) is 5.69 Å². The molecular weight excluding hydrogens is 454 g/mol. The van der Waals surface area contributed by atoms with Gasteiger partial charge in [0.2, 0.25) is 0 Å². The van der Waals surface area contributed by atoms with Gasteiger partial charge in [0.25, 0.3) is 0 Å². The van der Waals surface area contributed by atoms with E-state index in [9.17, 15) is 10.5 Å². The van der Waals surface area contributed by atoms with Crippen molar-refractivity contribution in [2.75, 3.05) is 0 Å². The Kier molecular flexibility index (Phi) is 4.58. The highest BCUT2D eigenvalue weighted by molar-refractivity contribution is 6.10. The molecule has 0 aliphatic carbocycles. The molecule has 0 fully saturated rings. The van der Waals surface area contributed by atoms with E-state index in [4.69, 9.17) is 4.98 Å². The summed E-state index contributed by atoms with van der Waals surface area (Å²) in [6, 6.07) is 39.3. The molecule has 172 valence electrons. The first-order valence-corrected chi connectivity index (χ1v) is 12.1. The van der Waals surface area contributed by atoms with Gasteiger partial charge >= 0.3 is 0 Å². The van der Waals surface area contributed by atoms with Crippen molar-refractivity contribution in [3.63, 3.8) is 0 Å².